The highest BCUT2D eigenvalue weighted by atomic mass is 16.1. The first-order valence-corrected chi connectivity index (χ1v) is 6.73. The van der Waals surface area contributed by atoms with Gasteiger partial charge in [-0.25, -0.2) is 0 Å². The molecule has 1 atom stereocenters. The van der Waals surface area contributed by atoms with E-state index in [9.17, 15) is 4.79 Å². The maximum Gasteiger partial charge on any atom is 0.155 e. The zero-order chi connectivity index (χ0) is 12.3. The molecule has 1 unspecified atom stereocenters. The van der Waals surface area contributed by atoms with Gasteiger partial charge >= 0.3 is 0 Å². The van der Waals surface area contributed by atoms with E-state index in [1.54, 1.807) is 6.08 Å². The molecule has 0 aromatic heterocycles. The van der Waals surface area contributed by atoms with Gasteiger partial charge in [-0.15, -0.1) is 0 Å². The number of allylic oxidation sites excluding steroid dienone is 2. The van der Waals surface area contributed by atoms with Crippen molar-refractivity contribution in [3.8, 4) is 0 Å². The van der Waals surface area contributed by atoms with Crippen molar-refractivity contribution in [1.82, 2.24) is 10.2 Å². The Hall–Kier alpha value is -0.670. The van der Waals surface area contributed by atoms with Crippen molar-refractivity contribution in [2.45, 2.75) is 26.7 Å². The summed E-state index contributed by atoms with van der Waals surface area (Å²) in [7, 11) is 0. The smallest absolute Gasteiger partial charge is 0.155 e. The van der Waals surface area contributed by atoms with Crippen molar-refractivity contribution >= 4 is 5.78 Å². The van der Waals surface area contributed by atoms with E-state index in [0.717, 1.165) is 45.6 Å². The van der Waals surface area contributed by atoms with Gasteiger partial charge in [0, 0.05) is 32.6 Å². The van der Waals surface area contributed by atoms with E-state index in [2.05, 4.69) is 30.1 Å². The van der Waals surface area contributed by atoms with Crippen molar-refractivity contribution in [2.24, 2.45) is 11.3 Å². The van der Waals surface area contributed by atoms with Crippen LogP contribution in [0.25, 0.3) is 0 Å². The number of hydrogen-bond acceptors (Lipinski definition) is 3. The summed E-state index contributed by atoms with van der Waals surface area (Å²) in [6.45, 7) is 10.1. The van der Waals surface area contributed by atoms with Gasteiger partial charge < -0.3 is 10.2 Å². The lowest BCUT2D eigenvalue weighted by Crippen LogP contribution is -2.44. The molecule has 1 saturated heterocycles. The number of rotatable bonds is 3. The molecule has 0 bridgehead atoms. The predicted octanol–water partition coefficient (Wildman–Crippen LogP) is 1.45. The number of carbonyl (C=O) groups excluding carboxylic acids is 1. The number of nitrogens with zero attached hydrogens (tertiary/aromatic N) is 1. The van der Waals surface area contributed by atoms with Crippen LogP contribution < -0.4 is 5.32 Å². The van der Waals surface area contributed by atoms with E-state index < -0.39 is 0 Å². The summed E-state index contributed by atoms with van der Waals surface area (Å²) in [6.07, 6.45) is 5.74. The van der Waals surface area contributed by atoms with Gasteiger partial charge in [0.25, 0.3) is 0 Å². The van der Waals surface area contributed by atoms with E-state index in [-0.39, 0.29) is 5.41 Å². The molecule has 2 rings (SSSR count). The van der Waals surface area contributed by atoms with Crippen LogP contribution in [0, 0.1) is 11.3 Å². The summed E-state index contributed by atoms with van der Waals surface area (Å²) in [6, 6.07) is 0. The van der Waals surface area contributed by atoms with Crippen molar-refractivity contribution in [1.29, 1.82) is 0 Å². The maximum absolute atomic E-state index is 11.5. The molecule has 96 valence electrons. The molecule has 1 fully saturated rings. The van der Waals surface area contributed by atoms with Crippen LogP contribution in [0.3, 0.4) is 0 Å². The summed E-state index contributed by atoms with van der Waals surface area (Å²) in [5.41, 5.74) is 0.182. The molecular weight excluding hydrogens is 212 g/mol. The molecule has 1 N–H and O–H groups in total. The average Bonchev–Trinajstić information content (AvgIpc) is 2.32. The summed E-state index contributed by atoms with van der Waals surface area (Å²) in [5, 5.41) is 3.37. The van der Waals surface area contributed by atoms with Crippen LogP contribution in [0.2, 0.25) is 0 Å². The molecule has 2 aliphatic rings. The zero-order valence-corrected chi connectivity index (χ0v) is 11.0. The molecule has 0 saturated carbocycles. The molecular formula is C14H24N2O. The predicted molar refractivity (Wildman–Crippen MR) is 70.0 cm³/mol. The highest BCUT2D eigenvalue weighted by molar-refractivity contribution is 5.90. The normalized spacial score (nSPS) is 29.5. The maximum atomic E-state index is 11.5. The highest BCUT2D eigenvalue weighted by Gasteiger charge is 2.31. The first-order valence-electron chi connectivity index (χ1n) is 6.73. The molecule has 0 amide bonds. The van der Waals surface area contributed by atoms with Crippen LogP contribution in [-0.2, 0) is 4.79 Å². The van der Waals surface area contributed by atoms with Gasteiger partial charge in [-0.3, -0.25) is 4.79 Å². The Labute approximate surface area is 104 Å². The molecule has 3 nitrogen and oxygen atoms in total. The lowest BCUT2D eigenvalue weighted by Gasteiger charge is -2.36. The van der Waals surface area contributed by atoms with E-state index >= 15 is 0 Å². The van der Waals surface area contributed by atoms with Crippen LogP contribution in [-0.4, -0.2) is 43.4 Å². The molecule has 3 heteroatoms. The first-order chi connectivity index (χ1) is 8.08. The van der Waals surface area contributed by atoms with Crippen molar-refractivity contribution < 1.29 is 4.79 Å². The molecule has 0 spiro atoms. The standard InChI is InChI=1S/C14H24N2O/c1-14(2)5-3-13(17)11-12(14)4-8-16-9-6-15-7-10-16/h3,5,12,15H,4,6-11H2,1-2H3. The summed E-state index contributed by atoms with van der Waals surface area (Å²) in [4.78, 5) is 14.0. The Morgan fingerprint density at radius 1 is 1.41 bits per heavy atom. The summed E-state index contributed by atoms with van der Waals surface area (Å²) < 4.78 is 0. The van der Waals surface area contributed by atoms with Gasteiger partial charge in [0.1, 0.15) is 0 Å². The second kappa shape index (κ2) is 5.32. The number of hydrogen-bond donors (Lipinski definition) is 1. The third kappa shape index (κ3) is 3.39. The van der Waals surface area contributed by atoms with Crippen molar-refractivity contribution in [2.75, 3.05) is 32.7 Å². The minimum atomic E-state index is 0.182. The minimum Gasteiger partial charge on any atom is -0.314 e. The molecule has 0 aromatic carbocycles. The van der Waals surface area contributed by atoms with Crippen LogP contribution >= 0.6 is 0 Å². The minimum absolute atomic E-state index is 0.182. The molecule has 0 aromatic rings. The third-order valence-electron chi connectivity index (χ3n) is 4.20. The lowest BCUT2D eigenvalue weighted by molar-refractivity contribution is -0.117. The Balaban J connectivity index is 1.85. The Morgan fingerprint density at radius 2 is 2.12 bits per heavy atom. The van der Waals surface area contributed by atoms with E-state index in [0.29, 0.717) is 11.7 Å². The molecule has 17 heavy (non-hydrogen) atoms. The van der Waals surface area contributed by atoms with Crippen LogP contribution in [0.4, 0.5) is 0 Å². The molecule has 1 aliphatic carbocycles. The van der Waals surface area contributed by atoms with Crippen LogP contribution in [0.1, 0.15) is 26.7 Å². The van der Waals surface area contributed by atoms with Gasteiger partial charge in [0.15, 0.2) is 5.78 Å². The summed E-state index contributed by atoms with van der Waals surface area (Å²) in [5.74, 6) is 0.810. The van der Waals surface area contributed by atoms with E-state index in [1.807, 2.05) is 0 Å². The van der Waals surface area contributed by atoms with E-state index in [1.165, 1.54) is 0 Å². The largest absolute Gasteiger partial charge is 0.314 e. The van der Waals surface area contributed by atoms with Crippen LogP contribution in [0.15, 0.2) is 12.2 Å². The zero-order valence-electron chi connectivity index (χ0n) is 11.0. The molecule has 0 radical (unpaired) electrons. The second-order valence-corrected chi connectivity index (χ2v) is 5.90. The number of nitrogens with one attached hydrogen (secondary N) is 1. The Kier molecular flexibility index (Phi) is 4.00. The van der Waals surface area contributed by atoms with Gasteiger partial charge in [0.05, 0.1) is 0 Å². The average molecular weight is 236 g/mol. The fraction of sp³-hybridized carbons (Fsp3) is 0.786. The molecule has 1 heterocycles. The monoisotopic (exact) mass is 236 g/mol. The molecule has 1 aliphatic heterocycles. The fourth-order valence-corrected chi connectivity index (χ4v) is 2.76. The van der Waals surface area contributed by atoms with Gasteiger partial charge in [0.2, 0.25) is 0 Å². The highest BCUT2D eigenvalue weighted by Crippen LogP contribution is 2.37. The Bertz CT molecular complexity index is 303. The number of ketones is 1. The second-order valence-electron chi connectivity index (χ2n) is 5.90. The van der Waals surface area contributed by atoms with Crippen molar-refractivity contribution in [3.05, 3.63) is 12.2 Å². The van der Waals surface area contributed by atoms with Crippen molar-refractivity contribution in [3.63, 3.8) is 0 Å². The van der Waals surface area contributed by atoms with Gasteiger partial charge in [-0.05, 0) is 30.4 Å². The third-order valence-corrected chi connectivity index (χ3v) is 4.20. The Morgan fingerprint density at radius 3 is 2.82 bits per heavy atom. The first kappa shape index (κ1) is 12.8. The summed E-state index contributed by atoms with van der Waals surface area (Å²) >= 11 is 0. The van der Waals surface area contributed by atoms with E-state index in [4.69, 9.17) is 0 Å². The SMILES string of the molecule is CC1(C)C=CC(=O)CC1CCN1CCNCC1. The number of piperazine rings is 1. The van der Waals surface area contributed by atoms with Crippen LogP contribution in [0.5, 0.6) is 0 Å². The van der Waals surface area contributed by atoms with Gasteiger partial charge in [-0.2, -0.15) is 0 Å². The quantitative estimate of drug-likeness (QED) is 0.805. The lowest BCUT2D eigenvalue weighted by atomic mass is 9.71. The number of carbonyl (C=O) groups is 1. The fourth-order valence-electron chi connectivity index (χ4n) is 2.76. The topological polar surface area (TPSA) is 32.3 Å². The van der Waals surface area contributed by atoms with Gasteiger partial charge in [-0.1, -0.05) is 19.9 Å².